The number of amides is 1. The maximum absolute atomic E-state index is 11.5. The van der Waals surface area contributed by atoms with Gasteiger partial charge in [0.2, 0.25) is 0 Å². The van der Waals surface area contributed by atoms with E-state index in [2.05, 4.69) is 39.8 Å². The summed E-state index contributed by atoms with van der Waals surface area (Å²) in [5, 5.41) is 11.3. The van der Waals surface area contributed by atoms with Crippen molar-refractivity contribution >= 4 is 6.09 Å². The second kappa shape index (κ2) is 9.16. The Morgan fingerprint density at radius 2 is 1.60 bits per heavy atom. The summed E-state index contributed by atoms with van der Waals surface area (Å²) < 4.78 is 5.19. The predicted octanol–water partition coefficient (Wildman–Crippen LogP) is 3.72. The molecule has 0 atom stereocenters. The van der Waals surface area contributed by atoms with Crippen molar-refractivity contribution in [2.75, 3.05) is 6.54 Å². The van der Waals surface area contributed by atoms with E-state index in [0.29, 0.717) is 6.54 Å². The molecular weight excluding hydrogens is 314 g/mol. The summed E-state index contributed by atoms with van der Waals surface area (Å²) >= 11 is 0. The van der Waals surface area contributed by atoms with E-state index < -0.39 is 5.60 Å². The standard InChI is InChI=1S/C20H27N3O2/c1-20(2,3)25-19(24)21-15-7-10-17-13-14-18(23-22-17)12-11-16-8-5-4-6-9-16/h4-6,8-9,13-14H,7,10-12,15H2,1-3H3,(H,21,24). The van der Waals surface area contributed by atoms with Gasteiger partial charge in [-0.3, -0.25) is 0 Å². The average molecular weight is 341 g/mol. The molecule has 0 spiro atoms. The second-order valence-corrected chi connectivity index (χ2v) is 7.03. The Morgan fingerprint density at radius 3 is 2.20 bits per heavy atom. The molecule has 0 bridgehead atoms. The molecule has 0 fully saturated rings. The Balaban J connectivity index is 1.67. The van der Waals surface area contributed by atoms with E-state index >= 15 is 0 Å². The van der Waals surface area contributed by atoms with Gasteiger partial charge in [-0.15, -0.1) is 0 Å². The van der Waals surface area contributed by atoms with E-state index in [1.54, 1.807) is 0 Å². The maximum Gasteiger partial charge on any atom is 0.407 e. The van der Waals surface area contributed by atoms with E-state index in [4.69, 9.17) is 4.74 Å². The molecule has 0 unspecified atom stereocenters. The number of rotatable bonds is 7. The lowest BCUT2D eigenvalue weighted by Gasteiger charge is -2.19. The van der Waals surface area contributed by atoms with Crippen LogP contribution in [0.2, 0.25) is 0 Å². The van der Waals surface area contributed by atoms with E-state index in [0.717, 1.165) is 37.1 Å². The van der Waals surface area contributed by atoms with Crippen molar-refractivity contribution in [2.45, 2.75) is 52.1 Å². The highest BCUT2D eigenvalue weighted by molar-refractivity contribution is 5.67. The van der Waals surface area contributed by atoms with Crippen molar-refractivity contribution in [3.05, 3.63) is 59.4 Å². The summed E-state index contributed by atoms with van der Waals surface area (Å²) in [5.74, 6) is 0. The van der Waals surface area contributed by atoms with Gasteiger partial charge in [0, 0.05) is 6.54 Å². The third-order valence-corrected chi connectivity index (χ3v) is 3.57. The zero-order valence-electron chi connectivity index (χ0n) is 15.3. The van der Waals surface area contributed by atoms with Crippen molar-refractivity contribution < 1.29 is 9.53 Å². The van der Waals surface area contributed by atoms with E-state index in [9.17, 15) is 4.79 Å². The van der Waals surface area contributed by atoms with Crippen LogP contribution in [0.1, 0.15) is 44.1 Å². The monoisotopic (exact) mass is 341 g/mol. The summed E-state index contributed by atoms with van der Waals surface area (Å²) in [4.78, 5) is 11.5. The lowest BCUT2D eigenvalue weighted by Crippen LogP contribution is -2.33. The Morgan fingerprint density at radius 1 is 0.960 bits per heavy atom. The van der Waals surface area contributed by atoms with Crippen LogP contribution in [0.4, 0.5) is 4.79 Å². The molecule has 0 saturated carbocycles. The molecule has 1 amide bonds. The molecule has 1 heterocycles. The van der Waals surface area contributed by atoms with Crippen molar-refractivity contribution in [1.82, 2.24) is 15.5 Å². The molecule has 134 valence electrons. The third-order valence-electron chi connectivity index (χ3n) is 3.57. The largest absolute Gasteiger partial charge is 0.444 e. The minimum Gasteiger partial charge on any atom is -0.444 e. The highest BCUT2D eigenvalue weighted by atomic mass is 16.6. The molecule has 5 nitrogen and oxygen atoms in total. The zero-order valence-corrected chi connectivity index (χ0v) is 15.3. The zero-order chi connectivity index (χ0) is 18.1. The van der Waals surface area contributed by atoms with Gasteiger partial charge in [0.25, 0.3) is 0 Å². The van der Waals surface area contributed by atoms with Crippen LogP contribution < -0.4 is 5.32 Å². The molecule has 25 heavy (non-hydrogen) atoms. The molecule has 0 saturated heterocycles. The number of aryl methyl sites for hydroxylation is 3. The average Bonchev–Trinajstić information content (AvgIpc) is 2.57. The second-order valence-electron chi connectivity index (χ2n) is 7.03. The minimum atomic E-state index is -0.467. The summed E-state index contributed by atoms with van der Waals surface area (Å²) in [6.45, 7) is 6.11. The Hall–Kier alpha value is -2.43. The minimum absolute atomic E-state index is 0.380. The van der Waals surface area contributed by atoms with Gasteiger partial charge in [-0.25, -0.2) is 4.79 Å². The summed E-state index contributed by atoms with van der Waals surface area (Å²) in [7, 11) is 0. The van der Waals surface area contributed by atoms with Crippen LogP contribution in [0.5, 0.6) is 0 Å². The fourth-order valence-corrected chi connectivity index (χ4v) is 2.35. The van der Waals surface area contributed by atoms with Gasteiger partial charge in [0.05, 0.1) is 11.4 Å². The summed E-state index contributed by atoms with van der Waals surface area (Å²) in [6.07, 6.45) is 3.06. The third kappa shape index (κ3) is 7.79. The van der Waals surface area contributed by atoms with Crippen LogP contribution in [-0.2, 0) is 24.0 Å². The molecule has 1 aromatic carbocycles. The Kier molecular flexibility index (Phi) is 6.92. The normalized spacial score (nSPS) is 11.2. The first-order valence-electron chi connectivity index (χ1n) is 8.75. The quantitative estimate of drug-likeness (QED) is 0.780. The van der Waals surface area contributed by atoms with Crippen molar-refractivity contribution in [1.29, 1.82) is 0 Å². The number of carbonyl (C=O) groups excluding carboxylic acids is 1. The predicted molar refractivity (Wildman–Crippen MR) is 98.4 cm³/mol. The van der Waals surface area contributed by atoms with Crippen LogP contribution in [-0.4, -0.2) is 28.4 Å². The number of nitrogens with one attached hydrogen (secondary N) is 1. The van der Waals surface area contributed by atoms with E-state index in [-0.39, 0.29) is 6.09 Å². The van der Waals surface area contributed by atoms with Gasteiger partial charge in [0.1, 0.15) is 5.60 Å². The molecular formula is C20H27N3O2. The number of hydrogen-bond acceptors (Lipinski definition) is 4. The van der Waals surface area contributed by atoms with Gasteiger partial charge in [-0.2, -0.15) is 10.2 Å². The lowest BCUT2D eigenvalue weighted by atomic mass is 10.1. The van der Waals surface area contributed by atoms with Gasteiger partial charge in [0.15, 0.2) is 0 Å². The van der Waals surface area contributed by atoms with Crippen LogP contribution in [0.3, 0.4) is 0 Å². The molecule has 1 N–H and O–H groups in total. The first-order valence-corrected chi connectivity index (χ1v) is 8.75. The lowest BCUT2D eigenvalue weighted by molar-refractivity contribution is 0.0527. The topological polar surface area (TPSA) is 64.1 Å². The first-order chi connectivity index (χ1) is 11.9. The molecule has 2 aromatic rings. The van der Waals surface area contributed by atoms with Crippen LogP contribution >= 0.6 is 0 Å². The number of aromatic nitrogens is 2. The molecule has 0 aliphatic carbocycles. The number of nitrogens with zero attached hydrogens (tertiary/aromatic N) is 2. The van der Waals surface area contributed by atoms with Crippen molar-refractivity contribution in [3.63, 3.8) is 0 Å². The molecule has 5 heteroatoms. The molecule has 1 aromatic heterocycles. The Bertz CT molecular complexity index is 649. The fraction of sp³-hybridized carbons (Fsp3) is 0.450. The highest BCUT2D eigenvalue weighted by Crippen LogP contribution is 2.07. The Labute approximate surface area is 149 Å². The van der Waals surface area contributed by atoms with Crippen LogP contribution in [0.15, 0.2) is 42.5 Å². The number of hydrogen-bond donors (Lipinski definition) is 1. The summed E-state index contributed by atoms with van der Waals surface area (Å²) in [6, 6.07) is 14.4. The van der Waals surface area contributed by atoms with Crippen LogP contribution in [0.25, 0.3) is 0 Å². The molecule has 2 rings (SSSR count). The maximum atomic E-state index is 11.5. The smallest absolute Gasteiger partial charge is 0.407 e. The highest BCUT2D eigenvalue weighted by Gasteiger charge is 2.15. The molecule has 0 radical (unpaired) electrons. The number of benzene rings is 1. The molecule has 0 aliphatic heterocycles. The van der Waals surface area contributed by atoms with Gasteiger partial charge < -0.3 is 10.1 Å². The fourth-order valence-electron chi connectivity index (χ4n) is 2.35. The number of alkyl carbamates (subject to hydrolysis) is 1. The first kappa shape index (κ1) is 18.9. The SMILES string of the molecule is CC(C)(C)OC(=O)NCCCc1ccc(CCc2ccccc2)nn1. The van der Waals surface area contributed by atoms with Crippen molar-refractivity contribution in [3.8, 4) is 0 Å². The van der Waals surface area contributed by atoms with Gasteiger partial charge in [-0.1, -0.05) is 30.3 Å². The summed E-state index contributed by atoms with van der Waals surface area (Å²) in [5.41, 5.74) is 2.78. The van der Waals surface area contributed by atoms with Crippen molar-refractivity contribution in [2.24, 2.45) is 0 Å². The van der Waals surface area contributed by atoms with Crippen LogP contribution in [0, 0.1) is 0 Å². The molecule has 0 aliphatic rings. The van der Waals surface area contributed by atoms with Gasteiger partial charge >= 0.3 is 6.09 Å². The van der Waals surface area contributed by atoms with Gasteiger partial charge in [-0.05, 0) is 64.2 Å². The number of ether oxygens (including phenoxy) is 1. The van der Waals surface area contributed by atoms with E-state index in [1.165, 1.54) is 5.56 Å². The number of carbonyl (C=O) groups is 1. The van der Waals surface area contributed by atoms with E-state index in [1.807, 2.05) is 39.0 Å².